The molecule has 3 aromatic rings. The fourth-order valence-corrected chi connectivity index (χ4v) is 4.19. The van der Waals surface area contributed by atoms with E-state index in [0.29, 0.717) is 34.4 Å². The van der Waals surface area contributed by atoms with Gasteiger partial charge in [0.25, 0.3) is 11.6 Å². The summed E-state index contributed by atoms with van der Waals surface area (Å²) < 4.78 is 19.7. The van der Waals surface area contributed by atoms with E-state index in [9.17, 15) is 9.18 Å². The second kappa shape index (κ2) is 7.70. The van der Waals surface area contributed by atoms with E-state index in [2.05, 4.69) is 10.1 Å². The van der Waals surface area contributed by atoms with Gasteiger partial charge in [0.15, 0.2) is 0 Å². The third-order valence-corrected chi connectivity index (χ3v) is 5.61. The van der Waals surface area contributed by atoms with Crippen molar-refractivity contribution in [3.05, 3.63) is 47.4 Å². The number of benzene rings is 1. The molecule has 28 heavy (non-hydrogen) atoms. The molecule has 1 aliphatic rings. The average Bonchev–Trinajstić information content (AvgIpc) is 3.10. The van der Waals surface area contributed by atoms with Gasteiger partial charge in [0, 0.05) is 18.2 Å². The molecule has 1 fully saturated rings. The van der Waals surface area contributed by atoms with Gasteiger partial charge in [-0.15, -0.1) is 0 Å². The summed E-state index contributed by atoms with van der Waals surface area (Å²) in [5.74, 6) is -0.450. The molecular weight excluding hydrogens is 357 g/mol. The predicted octanol–water partition coefficient (Wildman–Crippen LogP) is 5.13. The molecule has 5 nitrogen and oxygen atoms in total. The lowest BCUT2D eigenvalue weighted by Gasteiger charge is -2.33. The number of nitrogens with zero attached hydrogens (tertiary/aromatic N) is 3. The Balaban J connectivity index is 1.83. The Labute approximate surface area is 163 Å². The van der Waals surface area contributed by atoms with Gasteiger partial charge in [-0.3, -0.25) is 4.79 Å². The Morgan fingerprint density at radius 3 is 2.71 bits per heavy atom. The van der Waals surface area contributed by atoms with Crippen LogP contribution in [0.25, 0.3) is 22.4 Å². The minimum atomic E-state index is -0.386. The molecule has 146 valence electrons. The van der Waals surface area contributed by atoms with Crippen LogP contribution in [-0.4, -0.2) is 33.5 Å². The van der Waals surface area contributed by atoms with Crippen molar-refractivity contribution in [2.75, 3.05) is 6.54 Å². The monoisotopic (exact) mass is 381 g/mol. The first kappa shape index (κ1) is 18.6. The van der Waals surface area contributed by atoms with Gasteiger partial charge < -0.3 is 9.42 Å². The molecule has 6 heteroatoms. The van der Waals surface area contributed by atoms with Gasteiger partial charge in [-0.1, -0.05) is 36.6 Å². The number of aromatic nitrogens is 2. The highest BCUT2D eigenvalue weighted by molar-refractivity contribution is 6.07. The van der Waals surface area contributed by atoms with Crippen LogP contribution in [0.15, 0.2) is 34.9 Å². The molecule has 1 aromatic carbocycles. The highest BCUT2D eigenvalue weighted by Gasteiger charge is 2.28. The number of hydrogen-bond acceptors (Lipinski definition) is 4. The summed E-state index contributed by atoms with van der Waals surface area (Å²) in [4.78, 5) is 19.9. The van der Waals surface area contributed by atoms with Crippen LogP contribution in [0.1, 0.15) is 55.1 Å². The maximum Gasteiger partial charge on any atom is 0.259 e. The lowest BCUT2D eigenvalue weighted by Crippen LogP contribution is -2.41. The molecule has 0 saturated heterocycles. The van der Waals surface area contributed by atoms with E-state index in [4.69, 9.17) is 4.52 Å². The SMILES string of the molecule is CCN(C(=O)c1cc(-c2ccccc2F)nc2onc(C)c12)C1CCCCC1. The van der Waals surface area contributed by atoms with Crippen LogP contribution in [-0.2, 0) is 0 Å². The van der Waals surface area contributed by atoms with Crippen LogP contribution in [0, 0.1) is 12.7 Å². The number of halogens is 1. The standard InChI is InChI=1S/C22H24FN3O2/c1-3-26(15-9-5-4-6-10-15)22(27)17-13-19(16-11-7-8-12-18(16)23)24-21-20(17)14(2)25-28-21/h7-8,11-13,15H,3-6,9-10H2,1-2H3. The average molecular weight is 381 g/mol. The minimum Gasteiger partial charge on any atom is -0.336 e. The van der Waals surface area contributed by atoms with Gasteiger partial charge in [0.1, 0.15) is 5.82 Å². The molecule has 0 aliphatic heterocycles. The second-order valence-corrected chi connectivity index (χ2v) is 7.37. The topological polar surface area (TPSA) is 59.2 Å². The van der Waals surface area contributed by atoms with Crippen LogP contribution < -0.4 is 0 Å². The Bertz CT molecular complexity index is 1010. The van der Waals surface area contributed by atoms with E-state index < -0.39 is 0 Å². The third kappa shape index (κ3) is 3.28. The Morgan fingerprint density at radius 2 is 2.00 bits per heavy atom. The molecule has 0 unspecified atom stereocenters. The highest BCUT2D eigenvalue weighted by Crippen LogP contribution is 2.31. The van der Waals surface area contributed by atoms with Crippen LogP contribution >= 0.6 is 0 Å². The van der Waals surface area contributed by atoms with Crippen molar-refractivity contribution in [3.63, 3.8) is 0 Å². The maximum atomic E-state index is 14.3. The largest absolute Gasteiger partial charge is 0.336 e. The normalized spacial score (nSPS) is 15.1. The molecule has 1 aliphatic carbocycles. The van der Waals surface area contributed by atoms with Crippen molar-refractivity contribution in [1.29, 1.82) is 0 Å². The molecule has 2 aromatic heterocycles. The number of carbonyl (C=O) groups is 1. The molecule has 0 atom stereocenters. The van der Waals surface area contributed by atoms with Crippen molar-refractivity contribution in [3.8, 4) is 11.3 Å². The molecule has 0 bridgehead atoms. The van der Waals surface area contributed by atoms with Gasteiger partial charge in [0.2, 0.25) is 0 Å². The fourth-order valence-electron chi connectivity index (χ4n) is 4.19. The van der Waals surface area contributed by atoms with Crippen molar-refractivity contribution in [2.24, 2.45) is 0 Å². The number of aryl methyl sites for hydroxylation is 1. The Hall–Kier alpha value is -2.76. The highest BCUT2D eigenvalue weighted by atomic mass is 19.1. The summed E-state index contributed by atoms with van der Waals surface area (Å²) in [5, 5.41) is 4.60. The molecule has 2 heterocycles. The Kier molecular flexibility index (Phi) is 5.11. The molecule has 4 rings (SSSR count). The van der Waals surface area contributed by atoms with Crippen molar-refractivity contribution < 1.29 is 13.7 Å². The zero-order valence-electron chi connectivity index (χ0n) is 16.2. The van der Waals surface area contributed by atoms with E-state index in [0.717, 1.165) is 25.7 Å². The first-order chi connectivity index (χ1) is 13.6. The van der Waals surface area contributed by atoms with Gasteiger partial charge in [-0.2, -0.15) is 0 Å². The third-order valence-electron chi connectivity index (χ3n) is 5.61. The minimum absolute atomic E-state index is 0.0642. The van der Waals surface area contributed by atoms with Gasteiger partial charge in [-0.25, -0.2) is 9.37 Å². The van der Waals surface area contributed by atoms with Crippen molar-refractivity contribution >= 4 is 17.0 Å². The number of hydrogen-bond donors (Lipinski definition) is 0. The van der Waals surface area contributed by atoms with E-state index in [1.807, 2.05) is 11.8 Å². The van der Waals surface area contributed by atoms with E-state index in [1.54, 1.807) is 31.2 Å². The fraction of sp³-hybridized carbons (Fsp3) is 0.409. The lowest BCUT2D eigenvalue weighted by atomic mass is 9.93. The maximum absolute atomic E-state index is 14.3. The molecule has 1 saturated carbocycles. The first-order valence-electron chi connectivity index (χ1n) is 9.93. The molecular formula is C22H24FN3O2. The number of rotatable bonds is 4. The Morgan fingerprint density at radius 1 is 1.25 bits per heavy atom. The predicted molar refractivity (Wildman–Crippen MR) is 106 cm³/mol. The van der Waals surface area contributed by atoms with Crippen LogP contribution in [0.3, 0.4) is 0 Å². The summed E-state index contributed by atoms with van der Waals surface area (Å²) in [6, 6.07) is 8.33. The number of amides is 1. The van der Waals surface area contributed by atoms with Gasteiger partial charge in [-0.05, 0) is 44.9 Å². The van der Waals surface area contributed by atoms with Crippen molar-refractivity contribution in [2.45, 2.75) is 52.0 Å². The second-order valence-electron chi connectivity index (χ2n) is 7.37. The van der Waals surface area contributed by atoms with Gasteiger partial charge in [0.05, 0.1) is 22.3 Å². The summed E-state index contributed by atoms with van der Waals surface area (Å²) in [7, 11) is 0. The number of fused-ring (bicyclic) bond motifs is 1. The summed E-state index contributed by atoms with van der Waals surface area (Å²) >= 11 is 0. The number of carbonyl (C=O) groups excluding carboxylic acids is 1. The lowest BCUT2D eigenvalue weighted by molar-refractivity contribution is 0.0650. The quantitative estimate of drug-likeness (QED) is 0.628. The summed E-state index contributed by atoms with van der Waals surface area (Å²) in [6.45, 7) is 4.43. The summed E-state index contributed by atoms with van der Waals surface area (Å²) in [5.41, 5.74) is 2.08. The molecule has 0 spiro atoms. The zero-order valence-corrected chi connectivity index (χ0v) is 16.2. The van der Waals surface area contributed by atoms with Crippen LogP contribution in [0.2, 0.25) is 0 Å². The first-order valence-corrected chi connectivity index (χ1v) is 9.93. The van der Waals surface area contributed by atoms with Crippen LogP contribution in [0.5, 0.6) is 0 Å². The van der Waals surface area contributed by atoms with E-state index in [-0.39, 0.29) is 23.5 Å². The van der Waals surface area contributed by atoms with Crippen LogP contribution in [0.4, 0.5) is 4.39 Å². The zero-order chi connectivity index (χ0) is 19.7. The summed E-state index contributed by atoms with van der Waals surface area (Å²) in [6.07, 6.45) is 5.57. The van der Waals surface area contributed by atoms with E-state index >= 15 is 0 Å². The van der Waals surface area contributed by atoms with Gasteiger partial charge >= 0.3 is 0 Å². The smallest absolute Gasteiger partial charge is 0.259 e. The van der Waals surface area contributed by atoms with Crippen molar-refractivity contribution in [1.82, 2.24) is 15.0 Å². The molecule has 0 radical (unpaired) electrons. The molecule has 0 N–H and O–H groups in total. The molecule has 1 amide bonds. The van der Waals surface area contributed by atoms with E-state index in [1.165, 1.54) is 12.5 Å². The number of pyridine rings is 1.